The SMILES string of the molecule is CCC(CC)(CNC(C)C)Cc1cccc(OC)c1. The Labute approximate surface area is 118 Å². The second kappa shape index (κ2) is 7.54. The Morgan fingerprint density at radius 3 is 2.42 bits per heavy atom. The smallest absolute Gasteiger partial charge is 0.119 e. The molecule has 0 spiro atoms. The summed E-state index contributed by atoms with van der Waals surface area (Å²) in [4.78, 5) is 0. The summed E-state index contributed by atoms with van der Waals surface area (Å²) >= 11 is 0. The highest BCUT2D eigenvalue weighted by atomic mass is 16.5. The minimum Gasteiger partial charge on any atom is -0.497 e. The third-order valence-corrected chi connectivity index (χ3v) is 4.10. The number of rotatable bonds is 8. The minimum absolute atomic E-state index is 0.344. The van der Waals surface area contributed by atoms with Gasteiger partial charge in [-0.3, -0.25) is 0 Å². The van der Waals surface area contributed by atoms with Gasteiger partial charge < -0.3 is 10.1 Å². The molecule has 1 rings (SSSR count). The molecule has 0 unspecified atom stereocenters. The molecule has 1 N–H and O–H groups in total. The zero-order valence-electron chi connectivity index (χ0n) is 13.1. The van der Waals surface area contributed by atoms with Gasteiger partial charge in [0.2, 0.25) is 0 Å². The molecule has 0 aliphatic rings. The molecule has 0 amide bonds. The summed E-state index contributed by atoms with van der Waals surface area (Å²) in [6, 6.07) is 9.01. The van der Waals surface area contributed by atoms with Crippen molar-refractivity contribution in [3.8, 4) is 5.75 Å². The minimum atomic E-state index is 0.344. The Bertz CT molecular complexity index is 369. The van der Waals surface area contributed by atoms with Gasteiger partial charge in [-0.15, -0.1) is 0 Å². The molecule has 0 aliphatic heterocycles. The largest absolute Gasteiger partial charge is 0.497 e. The van der Waals surface area contributed by atoms with Gasteiger partial charge in [-0.1, -0.05) is 39.8 Å². The Balaban J connectivity index is 2.81. The standard InChI is InChI=1S/C17H29NO/c1-6-17(7-2,13-18-14(3)4)12-15-9-8-10-16(11-15)19-5/h8-11,14,18H,6-7,12-13H2,1-5H3. The maximum absolute atomic E-state index is 5.32. The first-order chi connectivity index (χ1) is 9.05. The quantitative estimate of drug-likeness (QED) is 0.764. The highest BCUT2D eigenvalue weighted by Gasteiger charge is 2.26. The maximum Gasteiger partial charge on any atom is 0.119 e. The fraction of sp³-hybridized carbons (Fsp3) is 0.647. The molecule has 2 nitrogen and oxygen atoms in total. The zero-order chi connectivity index (χ0) is 14.3. The Morgan fingerprint density at radius 1 is 1.21 bits per heavy atom. The van der Waals surface area contributed by atoms with Crippen molar-refractivity contribution >= 4 is 0 Å². The number of benzene rings is 1. The molecule has 0 radical (unpaired) electrons. The van der Waals surface area contributed by atoms with E-state index in [-0.39, 0.29) is 0 Å². The summed E-state index contributed by atoms with van der Waals surface area (Å²) in [7, 11) is 1.73. The first-order valence-corrected chi connectivity index (χ1v) is 7.41. The van der Waals surface area contributed by atoms with E-state index in [4.69, 9.17) is 4.74 Å². The molecule has 108 valence electrons. The molecule has 0 bridgehead atoms. The van der Waals surface area contributed by atoms with Gasteiger partial charge in [0, 0.05) is 12.6 Å². The normalized spacial score (nSPS) is 11.9. The lowest BCUT2D eigenvalue weighted by Gasteiger charge is -2.33. The lowest BCUT2D eigenvalue weighted by Crippen LogP contribution is -2.38. The van der Waals surface area contributed by atoms with Crippen molar-refractivity contribution < 1.29 is 4.74 Å². The molecule has 2 heteroatoms. The van der Waals surface area contributed by atoms with Crippen LogP contribution in [0.25, 0.3) is 0 Å². The highest BCUT2D eigenvalue weighted by molar-refractivity contribution is 5.29. The fourth-order valence-electron chi connectivity index (χ4n) is 2.45. The van der Waals surface area contributed by atoms with Crippen molar-refractivity contribution in [1.82, 2.24) is 5.32 Å². The van der Waals surface area contributed by atoms with E-state index in [0.29, 0.717) is 11.5 Å². The van der Waals surface area contributed by atoms with E-state index < -0.39 is 0 Å². The summed E-state index contributed by atoms with van der Waals surface area (Å²) < 4.78 is 5.32. The van der Waals surface area contributed by atoms with Crippen LogP contribution in [0.5, 0.6) is 5.75 Å². The van der Waals surface area contributed by atoms with Crippen LogP contribution in [0.3, 0.4) is 0 Å². The second-order valence-corrected chi connectivity index (χ2v) is 5.77. The van der Waals surface area contributed by atoms with E-state index in [9.17, 15) is 0 Å². The van der Waals surface area contributed by atoms with Crippen LogP contribution in [0.2, 0.25) is 0 Å². The topological polar surface area (TPSA) is 21.3 Å². The predicted octanol–water partition coefficient (Wildman–Crippen LogP) is 4.04. The molecular formula is C17H29NO. The first kappa shape index (κ1) is 16.0. The van der Waals surface area contributed by atoms with Crippen molar-refractivity contribution in [2.45, 2.75) is 53.0 Å². The molecule has 0 heterocycles. The van der Waals surface area contributed by atoms with Gasteiger partial charge in [-0.2, -0.15) is 0 Å². The Hall–Kier alpha value is -1.02. The second-order valence-electron chi connectivity index (χ2n) is 5.77. The van der Waals surface area contributed by atoms with Gasteiger partial charge in [-0.05, 0) is 42.4 Å². The van der Waals surface area contributed by atoms with Crippen LogP contribution in [0.4, 0.5) is 0 Å². The Kier molecular flexibility index (Phi) is 6.36. The first-order valence-electron chi connectivity index (χ1n) is 7.41. The van der Waals surface area contributed by atoms with Crippen molar-refractivity contribution in [2.75, 3.05) is 13.7 Å². The molecule has 0 saturated heterocycles. The summed E-state index contributed by atoms with van der Waals surface area (Å²) in [6.07, 6.45) is 3.50. The van der Waals surface area contributed by atoms with Crippen LogP contribution in [0, 0.1) is 5.41 Å². The summed E-state index contributed by atoms with van der Waals surface area (Å²) in [6.45, 7) is 10.1. The molecular weight excluding hydrogens is 234 g/mol. The van der Waals surface area contributed by atoms with Crippen molar-refractivity contribution in [1.29, 1.82) is 0 Å². The van der Waals surface area contributed by atoms with Gasteiger partial charge >= 0.3 is 0 Å². The van der Waals surface area contributed by atoms with E-state index in [1.807, 2.05) is 6.07 Å². The van der Waals surface area contributed by atoms with Crippen LogP contribution < -0.4 is 10.1 Å². The van der Waals surface area contributed by atoms with Crippen LogP contribution in [0.1, 0.15) is 46.1 Å². The van der Waals surface area contributed by atoms with Crippen LogP contribution in [0.15, 0.2) is 24.3 Å². The predicted molar refractivity (Wildman–Crippen MR) is 82.9 cm³/mol. The molecule has 0 atom stereocenters. The lowest BCUT2D eigenvalue weighted by atomic mass is 9.76. The highest BCUT2D eigenvalue weighted by Crippen LogP contribution is 2.31. The zero-order valence-corrected chi connectivity index (χ0v) is 13.1. The van der Waals surface area contributed by atoms with Gasteiger partial charge in [0.15, 0.2) is 0 Å². The van der Waals surface area contributed by atoms with E-state index >= 15 is 0 Å². The fourth-order valence-corrected chi connectivity index (χ4v) is 2.45. The van der Waals surface area contributed by atoms with E-state index in [0.717, 1.165) is 18.7 Å². The summed E-state index contributed by atoms with van der Waals surface area (Å²) in [5, 5.41) is 3.61. The van der Waals surface area contributed by atoms with Gasteiger partial charge in [-0.25, -0.2) is 0 Å². The summed E-state index contributed by atoms with van der Waals surface area (Å²) in [5.41, 5.74) is 1.71. The molecule has 19 heavy (non-hydrogen) atoms. The number of methoxy groups -OCH3 is 1. The number of nitrogens with one attached hydrogen (secondary N) is 1. The molecule has 0 fully saturated rings. The van der Waals surface area contributed by atoms with Gasteiger partial charge in [0.1, 0.15) is 5.75 Å². The third-order valence-electron chi connectivity index (χ3n) is 4.10. The van der Waals surface area contributed by atoms with Crippen molar-refractivity contribution in [2.24, 2.45) is 5.41 Å². The van der Waals surface area contributed by atoms with Crippen LogP contribution in [-0.4, -0.2) is 19.7 Å². The lowest BCUT2D eigenvalue weighted by molar-refractivity contribution is 0.239. The van der Waals surface area contributed by atoms with Crippen molar-refractivity contribution in [3.05, 3.63) is 29.8 Å². The number of hydrogen-bond acceptors (Lipinski definition) is 2. The van der Waals surface area contributed by atoms with E-state index in [2.05, 4.69) is 51.2 Å². The molecule has 1 aromatic carbocycles. The molecule has 0 aliphatic carbocycles. The van der Waals surface area contributed by atoms with Crippen molar-refractivity contribution in [3.63, 3.8) is 0 Å². The maximum atomic E-state index is 5.32. The number of ether oxygens (including phenoxy) is 1. The van der Waals surface area contributed by atoms with E-state index in [1.165, 1.54) is 18.4 Å². The van der Waals surface area contributed by atoms with Crippen LogP contribution in [-0.2, 0) is 6.42 Å². The Morgan fingerprint density at radius 2 is 1.89 bits per heavy atom. The monoisotopic (exact) mass is 263 g/mol. The summed E-state index contributed by atoms with van der Waals surface area (Å²) in [5.74, 6) is 0.954. The molecule has 1 aromatic rings. The van der Waals surface area contributed by atoms with Gasteiger partial charge in [0.25, 0.3) is 0 Å². The molecule has 0 aromatic heterocycles. The van der Waals surface area contributed by atoms with Gasteiger partial charge in [0.05, 0.1) is 7.11 Å². The van der Waals surface area contributed by atoms with Crippen LogP contribution >= 0.6 is 0 Å². The third kappa shape index (κ3) is 4.87. The average molecular weight is 263 g/mol. The molecule has 0 saturated carbocycles. The number of hydrogen-bond donors (Lipinski definition) is 1. The average Bonchev–Trinajstić information content (AvgIpc) is 2.43. The van der Waals surface area contributed by atoms with E-state index in [1.54, 1.807) is 7.11 Å².